The standard InChI is InChI=1S/C24H33N3O2/c1-6-25(7-2)22-14-15-23(19(4)16-22)27(20(5)28)18-24(29)26(8-3)17-21-12-10-9-11-13-21/h9-16H,6-8,17-18H2,1-5H3. The molecule has 29 heavy (non-hydrogen) atoms. The average Bonchev–Trinajstić information content (AvgIpc) is 2.72. The topological polar surface area (TPSA) is 43.9 Å². The Balaban J connectivity index is 2.20. The molecule has 0 fully saturated rings. The molecule has 0 saturated carbocycles. The Morgan fingerprint density at radius 3 is 2.07 bits per heavy atom. The Hall–Kier alpha value is -2.82. The minimum absolute atomic E-state index is 0.0431. The molecule has 0 radical (unpaired) electrons. The van der Waals surface area contributed by atoms with Gasteiger partial charge >= 0.3 is 0 Å². The van der Waals surface area contributed by atoms with E-state index in [4.69, 9.17) is 0 Å². The Labute approximate surface area is 174 Å². The van der Waals surface area contributed by atoms with Crippen LogP contribution in [0.5, 0.6) is 0 Å². The predicted molar refractivity (Wildman–Crippen MR) is 120 cm³/mol. The second-order valence-electron chi connectivity index (χ2n) is 7.14. The van der Waals surface area contributed by atoms with Crippen LogP contribution in [-0.2, 0) is 16.1 Å². The lowest BCUT2D eigenvalue weighted by molar-refractivity contribution is -0.131. The molecule has 0 bridgehead atoms. The van der Waals surface area contributed by atoms with E-state index < -0.39 is 0 Å². The van der Waals surface area contributed by atoms with Crippen molar-refractivity contribution in [2.75, 3.05) is 36.0 Å². The summed E-state index contributed by atoms with van der Waals surface area (Å²) in [6, 6.07) is 16.0. The second kappa shape index (κ2) is 10.6. The predicted octanol–water partition coefficient (Wildman–Crippen LogP) is 4.24. The van der Waals surface area contributed by atoms with Crippen molar-refractivity contribution in [2.45, 2.75) is 41.2 Å². The maximum atomic E-state index is 13.0. The highest BCUT2D eigenvalue weighted by atomic mass is 16.2. The van der Waals surface area contributed by atoms with Crippen LogP contribution < -0.4 is 9.80 Å². The largest absolute Gasteiger partial charge is 0.372 e. The molecule has 0 heterocycles. The third kappa shape index (κ3) is 5.83. The molecule has 2 aromatic rings. The summed E-state index contributed by atoms with van der Waals surface area (Å²) in [6.45, 7) is 12.7. The smallest absolute Gasteiger partial charge is 0.242 e. The number of carbonyl (C=O) groups is 2. The number of amides is 2. The lowest BCUT2D eigenvalue weighted by Gasteiger charge is -2.28. The quantitative estimate of drug-likeness (QED) is 0.638. The van der Waals surface area contributed by atoms with E-state index in [9.17, 15) is 9.59 Å². The van der Waals surface area contributed by atoms with E-state index in [-0.39, 0.29) is 18.4 Å². The van der Waals surface area contributed by atoms with Crippen molar-refractivity contribution in [2.24, 2.45) is 0 Å². The maximum Gasteiger partial charge on any atom is 0.242 e. The third-order valence-electron chi connectivity index (χ3n) is 5.22. The van der Waals surface area contributed by atoms with Crippen LogP contribution >= 0.6 is 0 Å². The number of aryl methyl sites for hydroxylation is 1. The summed E-state index contributed by atoms with van der Waals surface area (Å²) in [6.07, 6.45) is 0. The van der Waals surface area contributed by atoms with E-state index in [0.717, 1.165) is 35.6 Å². The summed E-state index contributed by atoms with van der Waals surface area (Å²) >= 11 is 0. The molecule has 0 saturated heterocycles. The monoisotopic (exact) mass is 395 g/mol. The fourth-order valence-corrected chi connectivity index (χ4v) is 3.51. The van der Waals surface area contributed by atoms with Crippen LogP contribution in [0.15, 0.2) is 48.5 Å². The number of rotatable bonds is 9. The molecule has 5 heteroatoms. The Kier molecular flexibility index (Phi) is 8.25. The van der Waals surface area contributed by atoms with Gasteiger partial charge in [0.25, 0.3) is 0 Å². The molecule has 0 spiro atoms. The molecule has 0 unspecified atom stereocenters. The van der Waals surface area contributed by atoms with Crippen LogP contribution in [0.1, 0.15) is 38.8 Å². The number of carbonyl (C=O) groups excluding carboxylic acids is 2. The Bertz CT molecular complexity index is 816. The molecule has 0 aliphatic carbocycles. The summed E-state index contributed by atoms with van der Waals surface area (Å²) in [7, 11) is 0. The zero-order chi connectivity index (χ0) is 21.4. The van der Waals surface area contributed by atoms with Crippen molar-refractivity contribution in [1.82, 2.24) is 4.90 Å². The molecule has 2 rings (SSSR count). The number of nitrogens with zero attached hydrogens (tertiary/aromatic N) is 3. The highest BCUT2D eigenvalue weighted by Crippen LogP contribution is 2.26. The molecule has 0 aliphatic heterocycles. The number of anilines is 2. The lowest BCUT2D eigenvalue weighted by atomic mass is 10.1. The van der Waals surface area contributed by atoms with E-state index in [1.165, 1.54) is 6.92 Å². The molecule has 0 N–H and O–H groups in total. The summed E-state index contributed by atoms with van der Waals surface area (Å²) in [5.41, 5.74) is 3.99. The summed E-state index contributed by atoms with van der Waals surface area (Å²) in [4.78, 5) is 31.0. The van der Waals surface area contributed by atoms with Crippen LogP contribution in [0.25, 0.3) is 0 Å². The SMILES string of the molecule is CCN(Cc1ccccc1)C(=O)CN(C(C)=O)c1ccc(N(CC)CC)cc1C. The van der Waals surface area contributed by atoms with E-state index in [1.807, 2.05) is 56.3 Å². The molecular weight excluding hydrogens is 362 g/mol. The first-order chi connectivity index (χ1) is 13.9. The molecule has 5 nitrogen and oxygen atoms in total. The number of hydrogen-bond acceptors (Lipinski definition) is 3. The highest BCUT2D eigenvalue weighted by molar-refractivity contribution is 5.98. The minimum Gasteiger partial charge on any atom is -0.372 e. The van der Waals surface area contributed by atoms with Gasteiger partial charge in [-0.25, -0.2) is 0 Å². The summed E-state index contributed by atoms with van der Waals surface area (Å²) < 4.78 is 0. The van der Waals surface area contributed by atoms with Gasteiger partial charge in [0.15, 0.2) is 0 Å². The van der Waals surface area contributed by atoms with E-state index >= 15 is 0 Å². The molecule has 2 aromatic carbocycles. The van der Waals surface area contributed by atoms with Gasteiger partial charge < -0.3 is 14.7 Å². The first-order valence-corrected chi connectivity index (χ1v) is 10.4. The van der Waals surface area contributed by atoms with E-state index in [1.54, 1.807) is 9.80 Å². The van der Waals surface area contributed by atoms with Gasteiger partial charge in [0.1, 0.15) is 6.54 Å². The van der Waals surface area contributed by atoms with Crippen molar-refractivity contribution >= 4 is 23.2 Å². The number of benzene rings is 2. The first-order valence-electron chi connectivity index (χ1n) is 10.4. The third-order valence-corrected chi connectivity index (χ3v) is 5.22. The zero-order valence-corrected chi connectivity index (χ0v) is 18.3. The average molecular weight is 396 g/mol. The van der Waals surface area contributed by atoms with Crippen LogP contribution in [0, 0.1) is 6.92 Å². The van der Waals surface area contributed by atoms with Crippen molar-refractivity contribution in [3.63, 3.8) is 0 Å². The van der Waals surface area contributed by atoms with E-state index in [0.29, 0.717) is 13.1 Å². The summed E-state index contributed by atoms with van der Waals surface area (Å²) in [5.74, 6) is -0.188. The van der Waals surface area contributed by atoms with Crippen LogP contribution in [-0.4, -0.2) is 42.9 Å². The molecular formula is C24H33N3O2. The molecule has 0 aromatic heterocycles. The Morgan fingerprint density at radius 2 is 1.55 bits per heavy atom. The summed E-state index contributed by atoms with van der Waals surface area (Å²) in [5, 5.41) is 0. The highest BCUT2D eigenvalue weighted by Gasteiger charge is 2.21. The number of hydrogen-bond donors (Lipinski definition) is 0. The molecule has 0 aliphatic rings. The van der Waals surface area contributed by atoms with Crippen LogP contribution in [0.2, 0.25) is 0 Å². The van der Waals surface area contributed by atoms with Crippen molar-refractivity contribution in [3.8, 4) is 0 Å². The minimum atomic E-state index is -0.132. The number of likely N-dealkylation sites (N-methyl/N-ethyl adjacent to an activating group) is 1. The molecule has 2 amide bonds. The molecule has 156 valence electrons. The van der Waals surface area contributed by atoms with E-state index in [2.05, 4.69) is 24.8 Å². The van der Waals surface area contributed by atoms with Gasteiger partial charge in [-0.15, -0.1) is 0 Å². The fourth-order valence-electron chi connectivity index (χ4n) is 3.51. The van der Waals surface area contributed by atoms with Crippen molar-refractivity contribution in [1.29, 1.82) is 0 Å². The van der Waals surface area contributed by atoms with Gasteiger partial charge in [0, 0.05) is 44.5 Å². The van der Waals surface area contributed by atoms with Crippen molar-refractivity contribution in [3.05, 3.63) is 59.7 Å². The lowest BCUT2D eigenvalue weighted by Crippen LogP contribution is -2.42. The van der Waals surface area contributed by atoms with Crippen LogP contribution in [0.4, 0.5) is 11.4 Å². The van der Waals surface area contributed by atoms with Crippen molar-refractivity contribution < 1.29 is 9.59 Å². The zero-order valence-electron chi connectivity index (χ0n) is 18.3. The second-order valence-corrected chi connectivity index (χ2v) is 7.14. The normalized spacial score (nSPS) is 10.5. The van der Waals surface area contributed by atoms with Crippen LogP contribution in [0.3, 0.4) is 0 Å². The fraction of sp³-hybridized carbons (Fsp3) is 0.417. The van der Waals surface area contributed by atoms with Gasteiger partial charge in [-0.05, 0) is 57.0 Å². The van der Waals surface area contributed by atoms with Gasteiger partial charge in [-0.1, -0.05) is 30.3 Å². The molecule has 0 atom stereocenters. The Morgan fingerprint density at radius 1 is 0.897 bits per heavy atom. The maximum absolute atomic E-state index is 13.0. The van der Waals surface area contributed by atoms with Gasteiger partial charge in [-0.2, -0.15) is 0 Å². The van der Waals surface area contributed by atoms with Gasteiger partial charge in [-0.3, -0.25) is 9.59 Å². The first kappa shape index (κ1) is 22.5. The van der Waals surface area contributed by atoms with Gasteiger partial charge in [0.2, 0.25) is 11.8 Å². The van der Waals surface area contributed by atoms with Gasteiger partial charge in [0.05, 0.1) is 0 Å².